The first kappa shape index (κ1) is 15.8. The number of hydrogen-bond donors (Lipinski definition) is 0. The van der Waals surface area contributed by atoms with Gasteiger partial charge in [-0.05, 0) is 12.1 Å². The molecule has 2 aliphatic heterocycles. The number of esters is 2. The van der Waals surface area contributed by atoms with Crippen LogP contribution in [0.4, 0.5) is 4.39 Å². The maximum Gasteiger partial charge on any atom is 0.355 e. The Hall–Kier alpha value is -2.12. The van der Waals surface area contributed by atoms with Crippen molar-refractivity contribution >= 4 is 23.5 Å². The van der Waals surface area contributed by atoms with E-state index >= 15 is 0 Å². The predicted molar refractivity (Wildman–Crippen MR) is 77.0 cm³/mol. The van der Waals surface area contributed by atoms with Crippen LogP contribution < -0.4 is 0 Å². The molecule has 6 nitrogen and oxygen atoms in total. The molecule has 2 heterocycles. The van der Waals surface area contributed by atoms with Gasteiger partial charge in [0.25, 0.3) is 6.29 Å². The van der Waals surface area contributed by atoms with Crippen LogP contribution in [-0.4, -0.2) is 49.4 Å². The average molecular weight is 342 g/mol. The van der Waals surface area contributed by atoms with Crippen molar-refractivity contribution in [3.63, 3.8) is 0 Å². The van der Waals surface area contributed by atoms with E-state index in [1.807, 2.05) is 0 Å². The molecule has 0 bridgehead atoms. The number of benzene rings is 1. The topological polar surface area (TPSA) is 65.1 Å². The molecule has 2 aliphatic rings. The molecule has 122 valence electrons. The van der Waals surface area contributed by atoms with Gasteiger partial charge in [0.1, 0.15) is 11.5 Å². The van der Waals surface area contributed by atoms with E-state index in [-0.39, 0.29) is 16.3 Å². The van der Waals surface area contributed by atoms with E-state index in [1.165, 1.54) is 18.2 Å². The normalized spacial score (nSPS) is 21.4. The van der Waals surface area contributed by atoms with Gasteiger partial charge in [-0.3, -0.25) is 0 Å². The summed E-state index contributed by atoms with van der Waals surface area (Å²) in [6.45, 7) is 1.87. The number of hydrogen-bond acceptors (Lipinski definition) is 6. The molecule has 0 amide bonds. The van der Waals surface area contributed by atoms with Crippen LogP contribution in [-0.2, 0) is 19.0 Å². The number of nitrogens with zero attached hydrogens (tertiary/aromatic N) is 1. The lowest BCUT2D eigenvalue weighted by atomic mass is 10.2. The summed E-state index contributed by atoms with van der Waals surface area (Å²) in [4.78, 5) is 25.5. The highest BCUT2D eigenvalue weighted by atomic mass is 35.5. The molecule has 0 aromatic heterocycles. The zero-order valence-electron chi connectivity index (χ0n) is 12.0. The van der Waals surface area contributed by atoms with Crippen LogP contribution in [0.25, 0.3) is 0 Å². The van der Waals surface area contributed by atoms with Crippen LogP contribution in [0.1, 0.15) is 10.4 Å². The monoisotopic (exact) mass is 341 g/mol. The van der Waals surface area contributed by atoms with Crippen molar-refractivity contribution in [1.29, 1.82) is 0 Å². The zero-order chi connectivity index (χ0) is 16.4. The molecule has 3 rings (SSSR count). The summed E-state index contributed by atoms with van der Waals surface area (Å²) in [5, 5.41) is -0.141. The van der Waals surface area contributed by atoms with E-state index in [0.29, 0.717) is 26.3 Å². The van der Waals surface area contributed by atoms with Crippen LogP contribution in [0.2, 0.25) is 0 Å². The van der Waals surface area contributed by atoms with Crippen LogP contribution in [0.3, 0.4) is 0 Å². The molecule has 1 unspecified atom stereocenters. The highest BCUT2D eigenvalue weighted by Gasteiger charge is 2.40. The number of cyclic esters (lactones) is 1. The molecule has 0 aliphatic carbocycles. The second kappa shape index (κ2) is 6.55. The maximum atomic E-state index is 13.6. The predicted octanol–water partition coefficient (Wildman–Crippen LogP) is 1.65. The number of rotatable bonds is 3. The largest absolute Gasteiger partial charge is 0.415 e. The highest BCUT2D eigenvalue weighted by molar-refractivity contribution is 6.42. The van der Waals surface area contributed by atoms with Gasteiger partial charge in [-0.2, -0.15) is 0 Å². The van der Waals surface area contributed by atoms with Gasteiger partial charge in [0.2, 0.25) is 0 Å². The molecule has 1 saturated heterocycles. The highest BCUT2D eigenvalue weighted by Crippen LogP contribution is 2.30. The van der Waals surface area contributed by atoms with Gasteiger partial charge >= 0.3 is 11.9 Å². The Morgan fingerprint density at radius 2 is 2.00 bits per heavy atom. The summed E-state index contributed by atoms with van der Waals surface area (Å²) < 4.78 is 29.0. The minimum absolute atomic E-state index is 0.141. The van der Waals surface area contributed by atoms with Gasteiger partial charge in [0.15, 0.2) is 5.03 Å². The minimum Gasteiger partial charge on any atom is -0.415 e. The molecular formula is C15H13ClFNO5. The third kappa shape index (κ3) is 3.16. The summed E-state index contributed by atoms with van der Waals surface area (Å²) in [6.07, 6.45) is -1.29. The smallest absolute Gasteiger partial charge is 0.355 e. The second-order valence-corrected chi connectivity index (χ2v) is 5.30. The Morgan fingerprint density at radius 1 is 1.30 bits per heavy atom. The first-order valence-corrected chi connectivity index (χ1v) is 7.34. The zero-order valence-corrected chi connectivity index (χ0v) is 12.7. The number of morpholine rings is 1. The van der Waals surface area contributed by atoms with Crippen molar-refractivity contribution in [3.8, 4) is 0 Å². The van der Waals surface area contributed by atoms with Crippen molar-refractivity contribution in [3.05, 3.63) is 46.4 Å². The van der Waals surface area contributed by atoms with Gasteiger partial charge in [-0.1, -0.05) is 23.7 Å². The van der Waals surface area contributed by atoms with E-state index in [1.54, 1.807) is 4.90 Å². The number of ether oxygens (including phenoxy) is 3. The van der Waals surface area contributed by atoms with E-state index in [0.717, 1.165) is 6.07 Å². The lowest BCUT2D eigenvalue weighted by Crippen LogP contribution is -2.40. The first-order chi connectivity index (χ1) is 11.1. The number of carbonyl (C=O) groups excluding carboxylic acids is 2. The number of carbonyl (C=O) groups is 2. The van der Waals surface area contributed by atoms with E-state index < -0.39 is 24.0 Å². The Bertz CT molecular complexity index is 672. The quantitative estimate of drug-likeness (QED) is 0.779. The van der Waals surface area contributed by atoms with E-state index in [4.69, 9.17) is 25.8 Å². The Kier molecular flexibility index (Phi) is 4.49. The molecular weight excluding hydrogens is 329 g/mol. The van der Waals surface area contributed by atoms with Gasteiger partial charge in [-0.25, -0.2) is 14.0 Å². The van der Waals surface area contributed by atoms with Crippen molar-refractivity contribution < 1.29 is 28.2 Å². The minimum atomic E-state index is -1.29. The van der Waals surface area contributed by atoms with Gasteiger partial charge in [0, 0.05) is 13.1 Å². The molecule has 0 N–H and O–H groups in total. The fraction of sp³-hybridized carbons (Fsp3) is 0.333. The Morgan fingerprint density at radius 3 is 2.70 bits per heavy atom. The van der Waals surface area contributed by atoms with Gasteiger partial charge in [-0.15, -0.1) is 0 Å². The van der Waals surface area contributed by atoms with E-state index in [9.17, 15) is 14.0 Å². The van der Waals surface area contributed by atoms with E-state index in [2.05, 4.69) is 0 Å². The maximum absolute atomic E-state index is 13.6. The van der Waals surface area contributed by atoms with Crippen molar-refractivity contribution in [2.75, 3.05) is 26.3 Å². The Labute approximate surface area is 136 Å². The van der Waals surface area contributed by atoms with Gasteiger partial charge < -0.3 is 19.1 Å². The lowest BCUT2D eigenvalue weighted by molar-refractivity contribution is -0.154. The fourth-order valence-corrected chi connectivity index (χ4v) is 2.63. The summed E-state index contributed by atoms with van der Waals surface area (Å²) in [5.74, 6) is -2.43. The molecule has 23 heavy (non-hydrogen) atoms. The van der Waals surface area contributed by atoms with Crippen LogP contribution >= 0.6 is 11.6 Å². The molecule has 8 heteroatoms. The second-order valence-electron chi connectivity index (χ2n) is 4.92. The Balaban J connectivity index is 1.80. The van der Waals surface area contributed by atoms with Crippen molar-refractivity contribution in [2.45, 2.75) is 6.29 Å². The number of halogens is 2. The van der Waals surface area contributed by atoms with Crippen LogP contribution in [0, 0.1) is 5.82 Å². The summed E-state index contributed by atoms with van der Waals surface area (Å²) >= 11 is 5.97. The average Bonchev–Trinajstić information content (AvgIpc) is 2.83. The van der Waals surface area contributed by atoms with Crippen LogP contribution in [0.15, 0.2) is 35.0 Å². The standard InChI is InChI=1S/C15H13ClFNO5/c16-11-12(18-5-7-21-8-6-18)15(23-14(11)20)22-13(19)9-3-1-2-4-10(9)17/h1-4,15H,5-8H2. The molecule has 1 aromatic carbocycles. The third-order valence-electron chi connectivity index (χ3n) is 3.50. The summed E-state index contributed by atoms with van der Waals surface area (Å²) in [5.41, 5.74) is 0.0255. The lowest BCUT2D eigenvalue weighted by Gasteiger charge is -2.31. The third-order valence-corrected chi connectivity index (χ3v) is 3.85. The molecule has 1 atom stereocenters. The molecule has 0 saturated carbocycles. The molecule has 0 spiro atoms. The SMILES string of the molecule is O=C1OC(OC(=O)c2ccccc2F)C(N2CCOCC2)=C1Cl. The molecule has 1 fully saturated rings. The molecule has 1 aromatic rings. The first-order valence-electron chi connectivity index (χ1n) is 6.97. The molecule has 0 radical (unpaired) electrons. The van der Waals surface area contributed by atoms with Crippen LogP contribution in [0.5, 0.6) is 0 Å². The van der Waals surface area contributed by atoms with Crippen molar-refractivity contribution in [2.24, 2.45) is 0 Å². The summed E-state index contributed by atoms with van der Waals surface area (Å²) in [6, 6.07) is 5.39. The van der Waals surface area contributed by atoms with Gasteiger partial charge in [0.05, 0.1) is 18.8 Å². The fourth-order valence-electron chi connectivity index (χ4n) is 2.37. The summed E-state index contributed by atoms with van der Waals surface area (Å²) in [7, 11) is 0. The van der Waals surface area contributed by atoms with Crippen molar-refractivity contribution in [1.82, 2.24) is 4.90 Å².